The van der Waals surface area contributed by atoms with E-state index in [-0.39, 0.29) is 5.82 Å². The highest BCUT2D eigenvalue weighted by Gasteiger charge is 2.10. The zero-order valence-electron chi connectivity index (χ0n) is 8.03. The number of hydrogen-bond donors (Lipinski definition) is 1. The maximum atomic E-state index is 10.4. The first-order chi connectivity index (χ1) is 7.75. The monoisotopic (exact) mass is 237 g/mol. The molecule has 0 aliphatic rings. The normalized spacial score (nSPS) is 10.2. The average Bonchev–Trinajstić information content (AvgIpc) is 2.76. The van der Waals surface area contributed by atoms with Crippen molar-refractivity contribution in [1.82, 2.24) is 19.9 Å². The van der Waals surface area contributed by atoms with Crippen LogP contribution in [0.2, 0.25) is 0 Å². The number of imidazole rings is 1. The summed E-state index contributed by atoms with van der Waals surface area (Å²) in [5.41, 5.74) is 0. The maximum Gasteiger partial charge on any atom is 0.340 e. The quantitative estimate of drug-likeness (QED) is 0.373. The molecule has 0 fully saturated rings. The van der Waals surface area contributed by atoms with Gasteiger partial charge in [-0.2, -0.15) is 0 Å². The zero-order chi connectivity index (χ0) is 11.4. The molecule has 16 heavy (non-hydrogen) atoms. The van der Waals surface area contributed by atoms with Crippen LogP contribution in [0.15, 0.2) is 29.8 Å². The van der Waals surface area contributed by atoms with Gasteiger partial charge in [0.25, 0.3) is 0 Å². The van der Waals surface area contributed by atoms with Crippen LogP contribution in [0, 0.1) is 10.1 Å². The molecule has 2 heterocycles. The van der Waals surface area contributed by atoms with Crippen LogP contribution in [-0.4, -0.2) is 24.9 Å². The number of aromatic amines is 1. The highest BCUT2D eigenvalue weighted by Crippen LogP contribution is 2.17. The van der Waals surface area contributed by atoms with Crippen LogP contribution in [0.3, 0.4) is 0 Å². The third-order valence-electron chi connectivity index (χ3n) is 1.69. The number of rotatable bonds is 4. The van der Waals surface area contributed by atoms with Gasteiger partial charge in [0, 0.05) is 12.4 Å². The fourth-order valence-electron chi connectivity index (χ4n) is 1.01. The minimum absolute atomic E-state index is 0.107. The van der Waals surface area contributed by atoms with Gasteiger partial charge < -0.3 is 10.1 Å². The standard InChI is InChI=1S/C8H7N5O2S/c14-13(15)7-4-11-6(12-7)5-16-8-9-2-1-3-10-8/h1-4H,5H2,(H,11,12). The number of aromatic nitrogens is 4. The SMILES string of the molecule is O=[N+]([O-])c1cnc(CSc2ncccn2)[nH]1. The Bertz CT molecular complexity index is 486. The van der Waals surface area contributed by atoms with Gasteiger partial charge >= 0.3 is 5.82 Å². The summed E-state index contributed by atoms with van der Waals surface area (Å²) in [6, 6.07) is 1.72. The number of nitro groups is 1. The molecule has 2 aromatic heterocycles. The number of thioether (sulfide) groups is 1. The molecule has 2 rings (SSSR count). The molecule has 0 saturated heterocycles. The van der Waals surface area contributed by atoms with Crippen LogP contribution >= 0.6 is 11.8 Å². The topological polar surface area (TPSA) is 97.6 Å². The fraction of sp³-hybridized carbons (Fsp3) is 0.125. The molecule has 7 nitrogen and oxygen atoms in total. The third kappa shape index (κ3) is 2.54. The molecular weight excluding hydrogens is 230 g/mol. The van der Waals surface area contributed by atoms with Gasteiger partial charge in [-0.3, -0.25) is 0 Å². The Kier molecular flexibility index (Phi) is 3.10. The molecule has 0 bridgehead atoms. The molecule has 2 aromatic rings. The second-order valence-electron chi connectivity index (χ2n) is 2.79. The Hall–Kier alpha value is -1.96. The predicted molar refractivity (Wildman–Crippen MR) is 56.8 cm³/mol. The summed E-state index contributed by atoms with van der Waals surface area (Å²) in [5, 5.41) is 11.0. The van der Waals surface area contributed by atoms with E-state index in [9.17, 15) is 10.1 Å². The van der Waals surface area contributed by atoms with Gasteiger partial charge in [-0.25, -0.2) is 19.9 Å². The summed E-state index contributed by atoms with van der Waals surface area (Å²) >= 11 is 1.36. The first kappa shape index (κ1) is 10.6. The Morgan fingerprint density at radius 2 is 2.12 bits per heavy atom. The molecule has 82 valence electrons. The van der Waals surface area contributed by atoms with Gasteiger partial charge in [0.1, 0.15) is 6.20 Å². The van der Waals surface area contributed by atoms with Crippen molar-refractivity contribution in [3.63, 3.8) is 0 Å². The van der Waals surface area contributed by atoms with Gasteiger partial charge in [-0.15, -0.1) is 0 Å². The molecule has 0 radical (unpaired) electrons. The lowest BCUT2D eigenvalue weighted by Crippen LogP contribution is -1.89. The van der Waals surface area contributed by atoms with E-state index in [1.807, 2.05) is 0 Å². The van der Waals surface area contributed by atoms with Gasteiger partial charge in [-0.1, -0.05) is 11.8 Å². The van der Waals surface area contributed by atoms with Crippen molar-refractivity contribution in [3.8, 4) is 0 Å². The average molecular weight is 237 g/mol. The maximum absolute atomic E-state index is 10.4. The molecule has 8 heteroatoms. The van der Waals surface area contributed by atoms with E-state index in [2.05, 4.69) is 19.9 Å². The van der Waals surface area contributed by atoms with E-state index < -0.39 is 4.92 Å². The van der Waals surface area contributed by atoms with Gasteiger partial charge in [-0.05, 0) is 11.0 Å². The molecule has 0 atom stereocenters. The summed E-state index contributed by atoms with van der Waals surface area (Å²) < 4.78 is 0. The third-order valence-corrected chi connectivity index (χ3v) is 2.58. The van der Waals surface area contributed by atoms with E-state index >= 15 is 0 Å². The lowest BCUT2D eigenvalue weighted by molar-refractivity contribution is -0.389. The minimum Gasteiger partial charge on any atom is -0.358 e. The Labute approximate surface area is 94.5 Å². The van der Waals surface area contributed by atoms with E-state index in [1.165, 1.54) is 18.0 Å². The minimum atomic E-state index is -0.514. The van der Waals surface area contributed by atoms with Gasteiger partial charge in [0.05, 0.1) is 5.75 Å². The van der Waals surface area contributed by atoms with Crippen LogP contribution in [0.1, 0.15) is 5.82 Å². The Morgan fingerprint density at radius 1 is 1.38 bits per heavy atom. The molecule has 0 aliphatic carbocycles. The summed E-state index contributed by atoms with van der Waals surface area (Å²) in [7, 11) is 0. The number of nitrogens with one attached hydrogen (secondary N) is 1. The lowest BCUT2D eigenvalue weighted by atomic mass is 10.7. The summed E-state index contributed by atoms with van der Waals surface area (Å²) in [4.78, 5) is 24.4. The van der Waals surface area contributed by atoms with Crippen molar-refractivity contribution in [2.24, 2.45) is 0 Å². The van der Waals surface area contributed by atoms with Crippen molar-refractivity contribution >= 4 is 17.6 Å². The van der Waals surface area contributed by atoms with Gasteiger partial charge in [0.2, 0.25) is 5.82 Å². The highest BCUT2D eigenvalue weighted by atomic mass is 32.2. The molecule has 0 aliphatic heterocycles. The summed E-state index contributed by atoms with van der Waals surface area (Å²) in [5.74, 6) is 0.895. The fourth-order valence-corrected chi connectivity index (χ4v) is 1.69. The van der Waals surface area contributed by atoms with E-state index in [0.29, 0.717) is 16.7 Å². The van der Waals surface area contributed by atoms with Crippen molar-refractivity contribution in [1.29, 1.82) is 0 Å². The Balaban J connectivity index is 1.97. The smallest absolute Gasteiger partial charge is 0.340 e. The molecule has 1 N–H and O–H groups in total. The lowest BCUT2D eigenvalue weighted by Gasteiger charge is -1.93. The summed E-state index contributed by atoms with van der Waals surface area (Å²) in [6.45, 7) is 0. The number of H-pyrrole nitrogens is 1. The van der Waals surface area contributed by atoms with E-state index in [1.54, 1.807) is 18.5 Å². The highest BCUT2D eigenvalue weighted by molar-refractivity contribution is 7.98. The second kappa shape index (κ2) is 4.71. The molecule has 0 spiro atoms. The zero-order valence-corrected chi connectivity index (χ0v) is 8.85. The summed E-state index contributed by atoms with van der Waals surface area (Å²) in [6.07, 6.45) is 4.47. The van der Waals surface area contributed by atoms with Crippen molar-refractivity contribution in [3.05, 3.63) is 40.6 Å². The molecule has 0 saturated carbocycles. The van der Waals surface area contributed by atoms with Crippen LogP contribution < -0.4 is 0 Å². The van der Waals surface area contributed by atoms with Crippen molar-refractivity contribution < 1.29 is 4.92 Å². The number of nitrogens with zero attached hydrogens (tertiary/aromatic N) is 4. The van der Waals surface area contributed by atoms with Crippen molar-refractivity contribution in [2.75, 3.05) is 0 Å². The van der Waals surface area contributed by atoms with Crippen molar-refractivity contribution in [2.45, 2.75) is 10.9 Å². The largest absolute Gasteiger partial charge is 0.358 e. The molecular formula is C8H7N5O2S. The van der Waals surface area contributed by atoms with Crippen LogP contribution in [-0.2, 0) is 5.75 Å². The second-order valence-corrected chi connectivity index (χ2v) is 3.73. The van der Waals surface area contributed by atoms with Crippen LogP contribution in [0.5, 0.6) is 0 Å². The molecule has 0 aromatic carbocycles. The number of hydrogen-bond acceptors (Lipinski definition) is 6. The van der Waals surface area contributed by atoms with Gasteiger partial charge in [0.15, 0.2) is 5.16 Å². The first-order valence-electron chi connectivity index (χ1n) is 4.34. The van der Waals surface area contributed by atoms with Crippen LogP contribution in [0.4, 0.5) is 5.82 Å². The molecule has 0 amide bonds. The first-order valence-corrected chi connectivity index (χ1v) is 5.32. The van der Waals surface area contributed by atoms with E-state index in [4.69, 9.17) is 0 Å². The predicted octanol–water partition coefficient (Wildman–Crippen LogP) is 1.40. The Morgan fingerprint density at radius 3 is 2.75 bits per heavy atom. The molecule has 0 unspecified atom stereocenters. The van der Waals surface area contributed by atoms with Crippen LogP contribution in [0.25, 0.3) is 0 Å². The van der Waals surface area contributed by atoms with E-state index in [0.717, 1.165) is 0 Å².